The first kappa shape index (κ1) is 16.0. The van der Waals surface area contributed by atoms with Crippen molar-refractivity contribution >= 4 is 45.8 Å². The molecule has 0 aliphatic carbocycles. The lowest BCUT2D eigenvalue weighted by atomic mass is 9.98. The van der Waals surface area contributed by atoms with Gasteiger partial charge in [-0.2, -0.15) is 0 Å². The molecule has 106 valence electrons. The Morgan fingerprint density at radius 2 is 1.95 bits per heavy atom. The van der Waals surface area contributed by atoms with E-state index in [9.17, 15) is 4.39 Å². The van der Waals surface area contributed by atoms with Crippen molar-refractivity contribution in [1.29, 1.82) is 0 Å². The van der Waals surface area contributed by atoms with Crippen molar-refractivity contribution < 1.29 is 4.39 Å². The highest BCUT2D eigenvalue weighted by atomic mass is 127. The summed E-state index contributed by atoms with van der Waals surface area (Å²) in [6.45, 7) is 2.78. The third-order valence-electron chi connectivity index (χ3n) is 2.97. The van der Waals surface area contributed by atoms with E-state index in [1.165, 1.54) is 12.1 Å². The van der Waals surface area contributed by atoms with Crippen LogP contribution in [0.2, 0.25) is 10.0 Å². The van der Waals surface area contributed by atoms with Gasteiger partial charge < -0.3 is 5.32 Å². The zero-order valence-corrected chi connectivity index (χ0v) is 14.4. The molecular weight excluding hydrogens is 411 g/mol. The molecule has 0 aliphatic rings. The monoisotopic (exact) mass is 423 g/mol. The van der Waals surface area contributed by atoms with Gasteiger partial charge in [0, 0.05) is 3.57 Å². The molecule has 0 saturated carbocycles. The Hall–Kier alpha value is -0.360. The van der Waals surface area contributed by atoms with E-state index in [-0.39, 0.29) is 11.9 Å². The van der Waals surface area contributed by atoms with Gasteiger partial charge in [-0.15, -0.1) is 0 Å². The van der Waals surface area contributed by atoms with Crippen molar-refractivity contribution in [2.24, 2.45) is 0 Å². The Morgan fingerprint density at radius 1 is 1.20 bits per heavy atom. The number of rotatable bonds is 4. The molecule has 5 heteroatoms. The van der Waals surface area contributed by atoms with Gasteiger partial charge in [0.1, 0.15) is 5.82 Å². The Balaban J connectivity index is 2.53. The van der Waals surface area contributed by atoms with Crippen molar-refractivity contribution in [3.05, 3.63) is 67.0 Å². The zero-order chi connectivity index (χ0) is 14.7. The molecule has 2 aromatic carbocycles. The average molecular weight is 424 g/mol. The van der Waals surface area contributed by atoms with Gasteiger partial charge in [0.2, 0.25) is 0 Å². The summed E-state index contributed by atoms with van der Waals surface area (Å²) < 4.78 is 14.1. The van der Waals surface area contributed by atoms with Crippen molar-refractivity contribution in [2.75, 3.05) is 6.54 Å². The highest BCUT2D eigenvalue weighted by Crippen LogP contribution is 2.34. The standard InChI is InChI=1S/C15H13Cl2FIN/c1-2-20-15(10-7-6-9(18)8-13(10)19)11-4-3-5-12(16)14(11)17/h3-8,15,20H,2H2,1H3. The average Bonchev–Trinajstić information content (AvgIpc) is 2.40. The maximum atomic E-state index is 13.3. The van der Waals surface area contributed by atoms with Gasteiger partial charge in [-0.05, 0) is 58.5 Å². The fraction of sp³-hybridized carbons (Fsp3) is 0.200. The second-order valence-corrected chi connectivity index (χ2v) is 6.25. The largest absolute Gasteiger partial charge is 0.306 e. The molecule has 20 heavy (non-hydrogen) atoms. The number of nitrogens with one attached hydrogen (secondary N) is 1. The van der Waals surface area contributed by atoms with Crippen molar-refractivity contribution in [3.63, 3.8) is 0 Å². The molecule has 0 spiro atoms. The molecular formula is C15H13Cl2FIN. The van der Waals surface area contributed by atoms with Crippen LogP contribution in [0.1, 0.15) is 24.1 Å². The Bertz CT molecular complexity index is 619. The van der Waals surface area contributed by atoms with Gasteiger partial charge in [-0.1, -0.05) is 48.3 Å². The minimum atomic E-state index is -0.245. The van der Waals surface area contributed by atoms with Crippen LogP contribution in [-0.2, 0) is 0 Å². The van der Waals surface area contributed by atoms with Gasteiger partial charge in [0.15, 0.2) is 0 Å². The zero-order valence-electron chi connectivity index (χ0n) is 10.8. The summed E-state index contributed by atoms with van der Waals surface area (Å²) in [4.78, 5) is 0. The van der Waals surface area contributed by atoms with E-state index in [1.807, 2.05) is 19.1 Å². The van der Waals surface area contributed by atoms with Crippen LogP contribution in [-0.4, -0.2) is 6.54 Å². The van der Waals surface area contributed by atoms with E-state index in [2.05, 4.69) is 27.9 Å². The molecule has 1 N–H and O–H groups in total. The predicted octanol–water partition coefficient (Wildman–Crippen LogP) is 5.44. The highest BCUT2D eigenvalue weighted by molar-refractivity contribution is 14.1. The Morgan fingerprint density at radius 3 is 2.60 bits per heavy atom. The molecule has 0 amide bonds. The van der Waals surface area contributed by atoms with Gasteiger partial charge >= 0.3 is 0 Å². The van der Waals surface area contributed by atoms with Crippen molar-refractivity contribution in [2.45, 2.75) is 13.0 Å². The summed E-state index contributed by atoms with van der Waals surface area (Å²) in [5.41, 5.74) is 1.88. The topological polar surface area (TPSA) is 12.0 Å². The van der Waals surface area contributed by atoms with Gasteiger partial charge in [-0.25, -0.2) is 4.39 Å². The van der Waals surface area contributed by atoms with E-state index in [0.29, 0.717) is 10.0 Å². The molecule has 0 saturated heterocycles. The van der Waals surface area contributed by atoms with E-state index in [1.54, 1.807) is 12.1 Å². The van der Waals surface area contributed by atoms with Crippen LogP contribution in [0.4, 0.5) is 4.39 Å². The lowest BCUT2D eigenvalue weighted by molar-refractivity contribution is 0.610. The molecule has 0 fully saturated rings. The minimum absolute atomic E-state index is 0.112. The summed E-state index contributed by atoms with van der Waals surface area (Å²) in [6, 6.07) is 10.2. The maximum absolute atomic E-state index is 13.3. The highest BCUT2D eigenvalue weighted by Gasteiger charge is 2.19. The van der Waals surface area contributed by atoms with Crippen LogP contribution in [0, 0.1) is 9.39 Å². The number of hydrogen-bond acceptors (Lipinski definition) is 1. The molecule has 0 radical (unpaired) electrons. The van der Waals surface area contributed by atoms with E-state index in [4.69, 9.17) is 23.2 Å². The summed E-state index contributed by atoms with van der Waals surface area (Å²) in [5, 5.41) is 4.42. The number of benzene rings is 2. The van der Waals surface area contributed by atoms with E-state index < -0.39 is 0 Å². The molecule has 2 rings (SSSR count). The Kier molecular flexibility index (Phi) is 5.66. The molecule has 1 nitrogen and oxygen atoms in total. The SMILES string of the molecule is CCNC(c1ccc(F)cc1I)c1cccc(Cl)c1Cl. The van der Waals surface area contributed by atoms with Gasteiger partial charge in [-0.3, -0.25) is 0 Å². The molecule has 0 heterocycles. The summed E-state index contributed by atoms with van der Waals surface area (Å²) in [7, 11) is 0. The first-order chi connectivity index (χ1) is 9.54. The molecule has 2 aromatic rings. The van der Waals surface area contributed by atoms with Crippen molar-refractivity contribution in [1.82, 2.24) is 5.32 Å². The molecule has 1 atom stereocenters. The summed E-state index contributed by atoms with van der Waals surface area (Å²) in [6.07, 6.45) is 0. The number of halogens is 4. The van der Waals surface area contributed by atoms with Crippen molar-refractivity contribution in [3.8, 4) is 0 Å². The van der Waals surface area contributed by atoms with Crippen LogP contribution in [0.15, 0.2) is 36.4 Å². The smallest absolute Gasteiger partial charge is 0.124 e. The molecule has 0 aliphatic heterocycles. The normalized spacial score (nSPS) is 12.4. The van der Waals surface area contributed by atoms with Gasteiger partial charge in [0.25, 0.3) is 0 Å². The van der Waals surface area contributed by atoms with Crippen LogP contribution < -0.4 is 5.32 Å². The Labute approximate surface area is 141 Å². The molecule has 0 aromatic heterocycles. The molecule has 1 unspecified atom stereocenters. The van der Waals surface area contributed by atoms with E-state index >= 15 is 0 Å². The second-order valence-electron chi connectivity index (χ2n) is 4.30. The van der Waals surface area contributed by atoms with Crippen LogP contribution in [0.3, 0.4) is 0 Å². The molecule has 0 bridgehead atoms. The predicted molar refractivity (Wildman–Crippen MR) is 91.1 cm³/mol. The lowest BCUT2D eigenvalue weighted by Gasteiger charge is -2.22. The third-order valence-corrected chi connectivity index (χ3v) is 4.74. The summed E-state index contributed by atoms with van der Waals surface area (Å²) >= 11 is 14.5. The van der Waals surface area contributed by atoms with Crippen LogP contribution in [0.25, 0.3) is 0 Å². The van der Waals surface area contributed by atoms with Gasteiger partial charge in [0.05, 0.1) is 16.1 Å². The van der Waals surface area contributed by atoms with E-state index in [0.717, 1.165) is 21.2 Å². The summed E-state index contributed by atoms with van der Waals surface area (Å²) in [5.74, 6) is -0.245. The fourth-order valence-electron chi connectivity index (χ4n) is 2.07. The lowest BCUT2D eigenvalue weighted by Crippen LogP contribution is -2.23. The minimum Gasteiger partial charge on any atom is -0.306 e. The number of hydrogen-bond donors (Lipinski definition) is 1. The second kappa shape index (κ2) is 7.07. The first-order valence-corrected chi connectivity index (χ1v) is 8.00. The van der Waals surface area contributed by atoms with Crippen LogP contribution >= 0.6 is 45.8 Å². The first-order valence-electron chi connectivity index (χ1n) is 6.16. The van der Waals surface area contributed by atoms with Crippen LogP contribution in [0.5, 0.6) is 0 Å². The maximum Gasteiger partial charge on any atom is 0.124 e. The third kappa shape index (κ3) is 3.45. The quantitative estimate of drug-likeness (QED) is 0.646. The fourth-order valence-corrected chi connectivity index (χ4v) is 3.28.